The number of carboxylic acids is 1. The standard InChI is InChI=1S/C35H39F3N4O6S/c1-19(2)47-27-16-23(11-12-26(27)48-35(36,37)38)24-17-39-30(40-18-24)22-9-7-21(8-10-22)15-25(31(43)41-20(3)33(45)46)42-32(44)28-13-14-29(49-28)34(4,5)6/h7-14,16-20,25,31,41,43H,15H2,1-6H3,(H,42,44)(H,45,46)/t20-,25+,31?/m1/s1. The van der Waals surface area contributed by atoms with Gasteiger partial charge in [-0.3, -0.25) is 14.9 Å². The Morgan fingerprint density at radius 1 is 0.898 bits per heavy atom. The molecule has 262 valence electrons. The quantitative estimate of drug-likeness (QED) is 0.114. The summed E-state index contributed by atoms with van der Waals surface area (Å²) in [5.74, 6) is -1.67. The summed E-state index contributed by atoms with van der Waals surface area (Å²) in [6.07, 6.45) is -3.37. The number of nitrogens with zero attached hydrogens (tertiary/aromatic N) is 2. The topological polar surface area (TPSA) is 143 Å². The molecule has 1 unspecified atom stereocenters. The number of ether oxygens (including phenoxy) is 2. The van der Waals surface area contributed by atoms with Crippen molar-refractivity contribution in [3.8, 4) is 34.0 Å². The first-order chi connectivity index (χ1) is 22.9. The Bertz CT molecular complexity index is 1740. The van der Waals surface area contributed by atoms with Crippen molar-refractivity contribution in [3.05, 3.63) is 82.3 Å². The highest BCUT2D eigenvalue weighted by Gasteiger charge is 2.33. The maximum absolute atomic E-state index is 13.2. The highest BCUT2D eigenvalue weighted by Crippen LogP contribution is 2.36. The van der Waals surface area contributed by atoms with Crippen LogP contribution in [-0.2, 0) is 16.6 Å². The molecular formula is C35H39F3N4O6S. The molecule has 10 nitrogen and oxygen atoms in total. The molecule has 0 radical (unpaired) electrons. The average molecular weight is 701 g/mol. The van der Waals surface area contributed by atoms with E-state index in [1.807, 2.05) is 26.8 Å². The number of benzene rings is 2. The van der Waals surface area contributed by atoms with Gasteiger partial charge in [-0.25, -0.2) is 9.97 Å². The van der Waals surface area contributed by atoms with E-state index in [1.54, 1.807) is 56.6 Å². The summed E-state index contributed by atoms with van der Waals surface area (Å²) < 4.78 is 48.3. The smallest absolute Gasteiger partial charge is 0.487 e. The molecule has 0 aliphatic carbocycles. The van der Waals surface area contributed by atoms with Crippen molar-refractivity contribution in [1.82, 2.24) is 20.6 Å². The molecule has 3 atom stereocenters. The van der Waals surface area contributed by atoms with E-state index in [0.717, 1.165) is 10.4 Å². The number of carbonyl (C=O) groups excluding carboxylic acids is 1. The van der Waals surface area contributed by atoms with E-state index < -0.39 is 42.5 Å². The molecule has 0 fully saturated rings. The van der Waals surface area contributed by atoms with Crippen LogP contribution in [-0.4, -0.2) is 62.8 Å². The Hall–Kier alpha value is -4.53. The van der Waals surface area contributed by atoms with Gasteiger partial charge in [0.05, 0.1) is 17.0 Å². The summed E-state index contributed by atoms with van der Waals surface area (Å²) in [4.78, 5) is 35.0. The molecule has 14 heteroatoms. The van der Waals surface area contributed by atoms with Crippen molar-refractivity contribution in [2.45, 2.75) is 84.2 Å². The van der Waals surface area contributed by atoms with Gasteiger partial charge in [0.15, 0.2) is 17.3 Å². The number of hydrogen-bond acceptors (Lipinski definition) is 9. The van der Waals surface area contributed by atoms with E-state index in [9.17, 15) is 33.0 Å². The van der Waals surface area contributed by atoms with Crippen LogP contribution in [0, 0.1) is 0 Å². The van der Waals surface area contributed by atoms with E-state index >= 15 is 0 Å². The summed E-state index contributed by atoms with van der Waals surface area (Å²) in [7, 11) is 0. The van der Waals surface area contributed by atoms with E-state index in [1.165, 1.54) is 36.5 Å². The van der Waals surface area contributed by atoms with Gasteiger partial charge in [0.25, 0.3) is 5.91 Å². The number of thiophene rings is 1. The Balaban J connectivity index is 1.51. The molecule has 49 heavy (non-hydrogen) atoms. The van der Waals surface area contributed by atoms with Crippen molar-refractivity contribution in [2.24, 2.45) is 0 Å². The number of nitrogens with one attached hydrogen (secondary N) is 2. The van der Waals surface area contributed by atoms with Gasteiger partial charge in [-0.05, 0) is 68.0 Å². The van der Waals surface area contributed by atoms with Gasteiger partial charge in [-0.2, -0.15) is 0 Å². The highest BCUT2D eigenvalue weighted by atomic mass is 32.1. The van der Waals surface area contributed by atoms with Crippen LogP contribution in [0.15, 0.2) is 67.0 Å². The maximum Gasteiger partial charge on any atom is 0.573 e. The third-order valence-corrected chi connectivity index (χ3v) is 8.75. The van der Waals surface area contributed by atoms with Crippen LogP contribution in [0.25, 0.3) is 22.5 Å². The van der Waals surface area contributed by atoms with Gasteiger partial charge in [-0.1, -0.05) is 51.1 Å². The van der Waals surface area contributed by atoms with Gasteiger partial charge < -0.3 is 25.0 Å². The van der Waals surface area contributed by atoms with E-state index in [2.05, 4.69) is 25.3 Å². The fourth-order valence-corrected chi connectivity index (χ4v) is 5.67. The van der Waals surface area contributed by atoms with E-state index in [0.29, 0.717) is 27.4 Å². The Morgan fingerprint density at radius 3 is 2.08 bits per heavy atom. The van der Waals surface area contributed by atoms with Crippen LogP contribution in [0.2, 0.25) is 0 Å². The number of halogens is 3. The highest BCUT2D eigenvalue weighted by molar-refractivity contribution is 7.14. The largest absolute Gasteiger partial charge is 0.573 e. The normalized spacial score (nSPS) is 13.9. The maximum atomic E-state index is 13.2. The second-order valence-electron chi connectivity index (χ2n) is 12.7. The SMILES string of the molecule is CC(C)Oc1cc(-c2cnc(-c3ccc(C[C@H](NC(=O)c4ccc(C(C)(C)C)s4)C(O)N[C@H](C)C(=O)O)cc3)nc2)ccc1OC(F)(F)F. The van der Waals surface area contributed by atoms with Crippen molar-refractivity contribution in [1.29, 1.82) is 0 Å². The van der Waals surface area contributed by atoms with Crippen molar-refractivity contribution in [3.63, 3.8) is 0 Å². The number of carbonyl (C=O) groups is 2. The van der Waals surface area contributed by atoms with Crippen molar-refractivity contribution >= 4 is 23.2 Å². The van der Waals surface area contributed by atoms with Crippen LogP contribution in [0.1, 0.15) is 61.7 Å². The lowest BCUT2D eigenvalue weighted by molar-refractivity contribution is -0.275. The molecule has 2 heterocycles. The number of carboxylic acid groups (broad SMARTS) is 1. The number of hydrogen-bond donors (Lipinski definition) is 4. The van der Waals surface area contributed by atoms with Crippen molar-refractivity contribution < 1.29 is 42.4 Å². The number of amides is 1. The number of aliphatic carboxylic acids is 1. The summed E-state index contributed by atoms with van der Waals surface area (Å²) in [6.45, 7) is 10.9. The van der Waals surface area contributed by atoms with E-state index in [-0.39, 0.29) is 23.5 Å². The van der Waals surface area contributed by atoms with Gasteiger partial charge in [-0.15, -0.1) is 24.5 Å². The Kier molecular flexibility index (Phi) is 11.7. The molecule has 0 saturated carbocycles. The number of aromatic nitrogens is 2. The predicted molar refractivity (Wildman–Crippen MR) is 180 cm³/mol. The zero-order valence-corrected chi connectivity index (χ0v) is 28.6. The minimum absolute atomic E-state index is 0.0678. The number of aliphatic hydroxyl groups excluding tert-OH is 1. The second-order valence-corrected chi connectivity index (χ2v) is 13.8. The molecule has 0 bridgehead atoms. The molecular weight excluding hydrogens is 661 g/mol. The lowest BCUT2D eigenvalue weighted by Crippen LogP contribution is -2.54. The Labute approximate surface area is 286 Å². The van der Waals surface area contributed by atoms with Gasteiger partial charge in [0, 0.05) is 28.4 Å². The monoisotopic (exact) mass is 700 g/mol. The van der Waals surface area contributed by atoms with Gasteiger partial charge >= 0.3 is 12.3 Å². The van der Waals surface area contributed by atoms with Crippen LogP contribution in [0.4, 0.5) is 13.2 Å². The molecule has 4 aromatic rings. The summed E-state index contributed by atoms with van der Waals surface area (Å²) in [6, 6.07) is 12.9. The minimum Gasteiger partial charge on any atom is -0.487 e. The zero-order valence-electron chi connectivity index (χ0n) is 27.8. The lowest BCUT2D eigenvalue weighted by atomic mass is 9.95. The molecule has 0 aliphatic heterocycles. The van der Waals surface area contributed by atoms with Crippen LogP contribution >= 0.6 is 11.3 Å². The van der Waals surface area contributed by atoms with Crippen LogP contribution in [0.5, 0.6) is 11.5 Å². The number of alkyl halides is 3. The molecule has 1 amide bonds. The fourth-order valence-electron chi connectivity index (χ4n) is 4.70. The van der Waals surface area contributed by atoms with Crippen LogP contribution in [0.3, 0.4) is 0 Å². The fraction of sp³-hybridized carbons (Fsp3) is 0.371. The summed E-state index contributed by atoms with van der Waals surface area (Å²) in [5, 5.41) is 25.7. The lowest BCUT2D eigenvalue weighted by Gasteiger charge is -2.26. The third-order valence-electron chi connectivity index (χ3n) is 7.24. The van der Waals surface area contributed by atoms with Gasteiger partial charge in [0.1, 0.15) is 12.3 Å². The predicted octanol–water partition coefficient (Wildman–Crippen LogP) is 6.58. The average Bonchev–Trinajstić information content (AvgIpc) is 3.53. The Morgan fingerprint density at radius 2 is 1.53 bits per heavy atom. The molecule has 2 aromatic heterocycles. The van der Waals surface area contributed by atoms with Crippen LogP contribution < -0.4 is 20.1 Å². The summed E-state index contributed by atoms with van der Waals surface area (Å²) >= 11 is 1.36. The second kappa shape index (κ2) is 15.3. The third kappa shape index (κ3) is 10.5. The molecule has 0 spiro atoms. The molecule has 0 aliphatic rings. The summed E-state index contributed by atoms with van der Waals surface area (Å²) in [5.41, 5.74) is 2.35. The van der Waals surface area contributed by atoms with E-state index in [4.69, 9.17) is 4.74 Å². The minimum atomic E-state index is -4.87. The zero-order chi connectivity index (χ0) is 36.1. The number of aliphatic hydroxyl groups is 1. The first kappa shape index (κ1) is 37.3. The molecule has 0 saturated heterocycles. The van der Waals surface area contributed by atoms with Crippen molar-refractivity contribution in [2.75, 3.05) is 0 Å². The molecule has 2 aromatic carbocycles. The molecule has 4 N–H and O–H groups in total. The molecule has 4 rings (SSSR count). The van der Waals surface area contributed by atoms with Gasteiger partial charge in [0.2, 0.25) is 0 Å². The first-order valence-electron chi connectivity index (χ1n) is 15.5. The first-order valence-corrected chi connectivity index (χ1v) is 16.3. The number of rotatable bonds is 13.